The van der Waals surface area contributed by atoms with Crippen LogP contribution in [0.3, 0.4) is 0 Å². The number of hydrogen-bond donors (Lipinski definition) is 1. The van der Waals surface area contributed by atoms with Gasteiger partial charge in [-0.25, -0.2) is 4.79 Å². The molecule has 0 radical (unpaired) electrons. The fourth-order valence-corrected chi connectivity index (χ4v) is 4.77. The summed E-state index contributed by atoms with van der Waals surface area (Å²) in [5.41, 5.74) is 1.04. The van der Waals surface area contributed by atoms with Gasteiger partial charge in [0.2, 0.25) is 0 Å². The van der Waals surface area contributed by atoms with E-state index < -0.39 is 5.97 Å². The summed E-state index contributed by atoms with van der Waals surface area (Å²) in [6, 6.07) is 0. The highest BCUT2D eigenvalue weighted by molar-refractivity contribution is 7.80. The lowest BCUT2D eigenvalue weighted by Gasteiger charge is -2.23. The number of esters is 1. The fraction of sp³-hybridized carbons (Fsp3) is 0.632. The van der Waals surface area contributed by atoms with Crippen LogP contribution >= 0.6 is 23.6 Å². The van der Waals surface area contributed by atoms with E-state index in [0.717, 1.165) is 25.9 Å². The Hall–Kier alpha value is -1.67. The quantitative estimate of drug-likeness (QED) is 0.586. The van der Waals surface area contributed by atoms with E-state index in [4.69, 9.17) is 17.0 Å². The highest BCUT2D eigenvalue weighted by Gasteiger charge is 2.28. The molecule has 0 aromatic carbocycles. The molecule has 0 unspecified atom stereocenters. The van der Waals surface area contributed by atoms with Gasteiger partial charge in [-0.05, 0) is 51.4 Å². The van der Waals surface area contributed by atoms with Crippen molar-refractivity contribution in [3.05, 3.63) is 16.0 Å². The minimum absolute atomic E-state index is 0.0682. The van der Waals surface area contributed by atoms with Crippen molar-refractivity contribution in [2.45, 2.75) is 46.5 Å². The van der Waals surface area contributed by atoms with Gasteiger partial charge in [-0.2, -0.15) is 0 Å². The molecule has 1 aromatic rings. The molecule has 0 bridgehead atoms. The smallest absolute Gasteiger partial charge is 0.341 e. The van der Waals surface area contributed by atoms with E-state index in [1.54, 1.807) is 11.8 Å². The van der Waals surface area contributed by atoms with Crippen LogP contribution in [0, 0.1) is 6.92 Å². The van der Waals surface area contributed by atoms with Crippen molar-refractivity contribution < 1.29 is 14.3 Å². The zero-order chi connectivity index (χ0) is 20.0. The van der Waals surface area contributed by atoms with Gasteiger partial charge >= 0.3 is 5.97 Å². The first-order valence-corrected chi connectivity index (χ1v) is 10.7. The molecule has 1 aliphatic heterocycles. The van der Waals surface area contributed by atoms with Gasteiger partial charge in [0, 0.05) is 26.2 Å². The van der Waals surface area contributed by atoms with Crippen molar-refractivity contribution in [2.75, 3.05) is 38.6 Å². The molecule has 0 atom stereocenters. The molecule has 1 aliphatic rings. The maximum absolute atomic E-state index is 12.9. The molecule has 150 valence electrons. The number of nitrogens with zero attached hydrogens (tertiary/aromatic N) is 2. The molecule has 1 aromatic heterocycles. The van der Waals surface area contributed by atoms with E-state index in [9.17, 15) is 9.59 Å². The number of thiocarbonyl (C=S) groups is 1. The molecular weight excluding hydrogens is 382 g/mol. The molecule has 27 heavy (non-hydrogen) atoms. The summed E-state index contributed by atoms with van der Waals surface area (Å²) < 4.78 is 4.96. The lowest BCUT2D eigenvalue weighted by molar-refractivity contribution is 0.0601. The first-order valence-electron chi connectivity index (χ1n) is 9.51. The van der Waals surface area contributed by atoms with Crippen molar-refractivity contribution in [3.63, 3.8) is 0 Å². The van der Waals surface area contributed by atoms with E-state index in [2.05, 4.69) is 10.2 Å². The number of carbonyl (C=O) groups excluding carboxylic acids is 2. The Labute approximate surface area is 170 Å². The van der Waals surface area contributed by atoms with E-state index in [-0.39, 0.29) is 5.91 Å². The van der Waals surface area contributed by atoms with Gasteiger partial charge in [0.05, 0.1) is 17.6 Å². The van der Waals surface area contributed by atoms with Gasteiger partial charge in [0.1, 0.15) is 5.00 Å². The van der Waals surface area contributed by atoms with Crippen molar-refractivity contribution in [1.82, 2.24) is 9.80 Å². The summed E-state index contributed by atoms with van der Waals surface area (Å²) in [4.78, 5) is 29.7. The molecule has 1 N–H and O–H groups in total. The van der Waals surface area contributed by atoms with Gasteiger partial charge in [0.25, 0.3) is 5.91 Å². The lowest BCUT2D eigenvalue weighted by atomic mass is 10.1. The zero-order valence-corrected chi connectivity index (χ0v) is 18.2. The number of carbonyl (C=O) groups is 2. The van der Waals surface area contributed by atoms with Crippen LogP contribution in [0.2, 0.25) is 0 Å². The van der Waals surface area contributed by atoms with Gasteiger partial charge in [0.15, 0.2) is 5.11 Å². The molecule has 2 heterocycles. The number of likely N-dealkylation sites (tertiary alicyclic amines) is 1. The third kappa shape index (κ3) is 4.99. The normalized spacial score (nSPS) is 14.4. The Kier molecular flexibility index (Phi) is 8.04. The summed E-state index contributed by atoms with van der Waals surface area (Å²) in [5.74, 6) is -0.523. The number of methoxy groups -OCH3 is 1. The standard InChI is InChI=1S/C19H29N3O3S2/c1-5-21(6-2)17(23)15-13(3)14(18(24)25-4)16(27-15)20-19(26)22-11-9-7-8-10-12-22/h5-12H2,1-4H3,(H,20,26). The minimum Gasteiger partial charge on any atom is -0.465 e. The van der Waals surface area contributed by atoms with Crippen molar-refractivity contribution in [3.8, 4) is 0 Å². The van der Waals surface area contributed by atoms with Crippen molar-refractivity contribution in [2.24, 2.45) is 0 Å². The molecule has 1 fully saturated rings. The Morgan fingerprint density at radius 1 is 1.19 bits per heavy atom. The van der Waals surface area contributed by atoms with E-state index in [1.807, 2.05) is 13.8 Å². The largest absolute Gasteiger partial charge is 0.465 e. The van der Waals surface area contributed by atoms with Crippen LogP contribution in [0.4, 0.5) is 5.00 Å². The summed E-state index contributed by atoms with van der Waals surface area (Å²) in [6.45, 7) is 8.74. The SMILES string of the molecule is CCN(CC)C(=O)c1sc(NC(=S)N2CCCCCC2)c(C(=O)OC)c1C. The summed E-state index contributed by atoms with van der Waals surface area (Å²) in [5, 5.41) is 4.41. The predicted octanol–water partition coefficient (Wildman–Crippen LogP) is 3.90. The molecule has 6 nitrogen and oxygen atoms in total. The molecule has 1 saturated heterocycles. The second-order valence-electron chi connectivity index (χ2n) is 6.56. The number of hydrogen-bond acceptors (Lipinski definition) is 5. The predicted molar refractivity (Wildman–Crippen MR) is 114 cm³/mol. The topological polar surface area (TPSA) is 61.9 Å². The Morgan fingerprint density at radius 2 is 1.78 bits per heavy atom. The van der Waals surface area contributed by atoms with Crippen LogP contribution in [0.5, 0.6) is 0 Å². The van der Waals surface area contributed by atoms with Gasteiger partial charge in [-0.15, -0.1) is 11.3 Å². The van der Waals surface area contributed by atoms with Crippen LogP contribution in [-0.4, -0.2) is 60.1 Å². The summed E-state index contributed by atoms with van der Waals surface area (Å²) in [6.07, 6.45) is 4.65. The first-order chi connectivity index (χ1) is 12.9. The molecule has 0 aliphatic carbocycles. The number of amides is 1. The molecule has 8 heteroatoms. The maximum atomic E-state index is 12.9. The van der Waals surface area contributed by atoms with Crippen LogP contribution in [0.1, 0.15) is 65.1 Å². The van der Waals surface area contributed by atoms with E-state index >= 15 is 0 Å². The highest BCUT2D eigenvalue weighted by atomic mass is 32.1. The van der Waals surface area contributed by atoms with Gasteiger partial charge in [-0.1, -0.05) is 12.8 Å². The van der Waals surface area contributed by atoms with E-state index in [1.165, 1.54) is 31.3 Å². The number of nitrogens with one attached hydrogen (secondary N) is 1. The van der Waals surface area contributed by atoms with E-state index in [0.29, 0.717) is 39.2 Å². The molecule has 1 amide bonds. The fourth-order valence-electron chi connectivity index (χ4n) is 3.26. The molecular formula is C19H29N3O3S2. The summed E-state index contributed by atoms with van der Waals surface area (Å²) >= 11 is 6.87. The highest BCUT2D eigenvalue weighted by Crippen LogP contribution is 2.35. The average molecular weight is 412 g/mol. The zero-order valence-electron chi connectivity index (χ0n) is 16.6. The van der Waals surface area contributed by atoms with Crippen LogP contribution < -0.4 is 5.32 Å². The molecule has 0 saturated carbocycles. The Balaban J connectivity index is 2.33. The first kappa shape index (κ1) is 21.6. The number of thiophene rings is 1. The number of rotatable bonds is 5. The van der Waals surface area contributed by atoms with Gasteiger partial charge in [-0.3, -0.25) is 4.79 Å². The second-order valence-corrected chi connectivity index (χ2v) is 7.97. The third-order valence-electron chi connectivity index (χ3n) is 4.89. The van der Waals surface area contributed by atoms with Crippen LogP contribution in [0.25, 0.3) is 0 Å². The third-order valence-corrected chi connectivity index (χ3v) is 6.45. The maximum Gasteiger partial charge on any atom is 0.341 e. The summed E-state index contributed by atoms with van der Waals surface area (Å²) in [7, 11) is 1.35. The minimum atomic E-state index is -0.455. The van der Waals surface area contributed by atoms with Gasteiger partial charge < -0.3 is 19.9 Å². The van der Waals surface area contributed by atoms with Crippen LogP contribution in [0.15, 0.2) is 0 Å². The van der Waals surface area contributed by atoms with Crippen LogP contribution in [-0.2, 0) is 4.74 Å². The average Bonchev–Trinajstić information content (AvgIpc) is 2.83. The van der Waals surface area contributed by atoms with Crippen molar-refractivity contribution >= 4 is 45.5 Å². The molecule has 2 rings (SSSR count). The number of anilines is 1. The molecule has 0 spiro atoms. The van der Waals surface area contributed by atoms with Crippen molar-refractivity contribution in [1.29, 1.82) is 0 Å². The number of ether oxygens (including phenoxy) is 1. The second kappa shape index (κ2) is 10.0. The monoisotopic (exact) mass is 411 g/mol. The Morgan fingerprint density at radius 3 is 2.30 bits per heavy atom. The lowest BCUT2D eigenvalue weighted by Crippen LogP contribution is -2.35. The Bertz CT molecular complexity index is 691.